The van der Waals surface area contributed by atoms with Crippen molar-refractivity contribution >= 4 is 46.6 Å². The minimum atomic E-state index is -0.934. The van der Waals surface area contributed by atoms with Gasteiger partial charge in [-0.25, -0.2) is 4.79 Å². The lowest BCUT2D eigenvalue weighted by Crippen LogP contribution is -2.00. The third kappa shape index (κ3) is 6.09. The predicted molar refractivity (Wildman–Crippen MR) is 125 cm³/mol. The monoisotopic (exact) mass is 474 g/mol. The number of carbonyl (C=O) groups is 2. The molecule has 0 spiro atoms. The van der Waals surface area contributed by atoms with Crippen LogP contribution in [0, 0.1) is 0 Å². The van der Waals surface area contributed by atoms with Crippen molar-refractivity contribution in [3.63, 3.8) is 0 Å². The first kappa shape index (κ1) is 23.3. The molecule has 0 radical (unpaired) electrons. The Bertz CT molecular complexity index is 1080. The van der Waals surface area contributed by atoms with E-state index in [2.05, 4.69) is 10.2 Å². The Kier molecular flexibility index (Phi) is 8.11. The number of aromatic carboxylic acids is 1. The van der Waals surface area contributed by atoms with E-state index in [-0.39, 0.29) is 17.1 Å². The summed E-state index contributed by atoms with van der Waals surface area (Å²) in [7, 11) is 0. The normalized spacial score (nSPS) is 10.9. The molecule has 3 rings (SSSR count). The Labute approximate surface area is 193 Å². The summed E-state index contributed by atoms with van der Waals surface area (Å²) in [5, 5.41) is 27.9. The van der Waals surface area contributed by atoms with Crippen molar-refractivity contribution in [3.05, 3.63) is 64.2 Å². The topological polar surface area (TPSA) is 100 Å². The van der Waals surface area contributed by atoms with Crippen molar-refractivity contribution in [2.75, 3.05) is 0 Å². The molecular weight excluding hydrogens is 452 g/mol. The first-order chi connectivity index (χ1) is 14.9. The van der Waals surface area contributed by atoms with Crippen LogP contribution < -0.4 is 0 Å². The van der Waals surface area contributed by atoms with Gasteiger partial charge in [-0.2, -0.15) is 0 Å². The van der Waals surface area contributed by atoms with Crippen LogP contribution in [0.3, 0.4) is 0 Å². The lowest BCUT2D eigenvalue weighted by molar-refractivity contribution is 0.0696. The summed E-state index contributed by atoms with van der Waals surface area (Å²) < 4.78 is 1.68. The van der Waals surface area contributed by atoms with E-state index in [0.29, 0.717) is 23.5 Å². The molecule has 0 saturated heterocycles. The molecule has 2 N–H and O–H groups in total. The van der Waals surface area contributed by atoms with Crippen LogP contribution in [0.25, 0.3) is 0 Å². The van der Waals surface area contributed by atoms with Crippen molar-refractivity contribution in [1.29, 1.82) is 0 Å². The zero-order chi connectivity index (χ0) is 22.4. The number of aromatic hydroxyl groups is 1. The Morgan fingerprint density at radius 1 is 1.00 bits per heavy atom. The maximum atomic E-state index is 11.7. The summed E-state index contributed by atoms with van der Waals surface area (Å²) in [6, 6.07) is 10.4. The number of hydrogen-bond donors (Lipinski definition) is 2. The molecule has 2 aromatic carbocycles. The third-order valence-electron chi connectivity index (χ3n) is 4.56. The molecule has 0 aliphatic carbocycles. The average molecular weight is 475 g/mol. The van der Waals surface area contributed by atoms with Crippen LogP contribution in [0.1, 0.15) is 57.7 Å². The molecule has 9 heteroatoms. The quantitative estimate of drug-likeness (QED) is 0.286. The van der Waals surface area contributed by atoms with Gasteiger partial charge in [0.25, 0.3) is 0 Å². The number of benzene rings is 2. The molecule has 1 heterocycles. The Morgan fingerprint density at radius 3 is 2.23 bits per heavy atom. The van der Waals surface area contributed by atoms with Gasteiger partial charge in [0.15, 0.2) is 14.5 Å². The molecule has 0 bridgehead atoms. The highest BCUT2D eigenvalue weighted by Crippen LogP contribution is 2.35. The molecule has 31 heavy (non-hydrogen) atoms. The fourth-order valence-corrected chi connectivity index (χ4v) is 5.97. The van der Waals surface area contributed by atoms with Crippen LogP contribution in [0.5, 0.6) is 5.75 Å². The number of aromatic nitrogens is 2. The first-order valence-electron chi connectivity index (χ1n) is 9.65. The number of carboxylic acid groups (broad SMARTS) is 1. The van der Waals surface area contributed by atoms with Gasteiger partial charge in [-0.3, -0.25) is 4.79 Å². The Hall–Kier alpha value is -2.36. The van der Waals surface area contributed by atoms with Crippen LogP contribution in [0.15, 0.2) is 45.1 Å². The summed E-state index contributed by atoms with van der Waals surface area (Å²) in [4.78, 5) is 22.6. The van der Waals surface area contributed by atoms with Crippen LogP contribution in [-0.4, -0.2) is 32.2 Å². The fourth-order valence-electron chi connectivity index (χ4n) is 2.97. The lowest BCUT2D eigenvalue weighted by Gasteiger charge is -2.12. The van der Waals surface area contributed by atoms with Gasteiger partial charge in [0, 0.05) is 11.5 Å². The highest BCUT2D eigenvalue weighted by Gasteiger charge is 2.16. The fraction of sp³-hybridized carbons (Fsp3) is 0.273. The number of phenolic OH excluding ortho intramolecular Hbond substituents is 1. The minimum absolute atomic E-state index is 0.0925. The summed E-state index contributed by atoms with van der Waals surface area (Å²) in [5.41, 5.74) is 3.48. The van der Waals surface area contributed by atoms with Crippen molar-refractivity contribution in [3.8, 4) is 5.75 Å². The van der Waals surface area contributed by atoms with E-state index in [0.717, 1.165) is 31.8 Å². The van der Waals surface area contributed by atoms with E-state index >= 15 is 0 Å². The number of thioether (sulfide) groups is 2. The summed E-state index contributed by atoms with van der Waals surface area (Å²) in [5.74, 6) is 0.334. The molecule has 162 valence electrons. The second kappa shape index (κ2) is 10.8. The number of carboxylic acids is 1. The van der Waals surface area contributed by atoms with Gasteiger partial charge in [0.2, 0.25) is 0 Å². The smallest absolute Gasteiger partial charge is 0.335 e. The lowest BCUT2D eigenvalue weighted by atomic mass is 9.98. The number of hydrogen-bond acceptors (Lipinski definition) is 8. The molecule has 0 aliphatic heterocycles. The van der Waals surface area contributed by atoms with Gasteiger partial charge in [0.05, 0.1) is 11.1 Å². The molecular formula is C22H22N2O4S3. The molecule has 0 atom stereocenters. The molecule has 0 fully saturated rings. The molecule has 0 unspecified atom stereocenters. The van der Waals surface area contributed by atoms with Crippen molar-refractivity contribution in [2.45, 2.75) is 46.9 Å². The maximum absolute atomic E-state index is 11.7. The predicted octanol–water partition coefficient (Wildman–Crippen LogP) is 5.68. The van der Waals surface area contributed by atoms with Crippen LogP contribution in [0.4, 0.5) is 0 Å². The zero-order valence-corrected chi connectivity index (χ0v) is 19.6. The highest BCUT2D eigenvalue weighted by atomic mass is 32.2. The SMILES string of the molecule is CCCc1c(CSc2nnc(SCc3ccc(C(=O)O)cc3)s2)ccc(C(C)=O)c1O. The Balaban J connectivity index is 1.62. The van der Waals surface area contributed by atoms with Crippen molar-refractivity contribution in [1.82, 2.24) is 10.2 Å². The number of Topliss-reactive ketones (excluding diaryl/α,β-unsaturated/α-hetero) is 1. The first-order valence-corrected chi connectivity index (χ1v) is 12.4. The van der Waals surface area contributed by atoms with E-state index in [4.69, 9.17) is 5.11 Å². The number of carbonyl (C=O) groups excluding carboxylic acids is 1. The second-order valence-electron chi connectivity index (χ2n) is 6.82. The van der Waals surface area contributed by atoms with Crippen molar-refractivity contribution < 1.29 is 19.8 Å². The van der Waals surface area contributed by atoms with E-state index in [1.54, 1.807) is 53.9 Å². The molecule has 1 aromatic heterocycles. The largest absolute Gasteiger partial charge is 0.507 e. The maximum Gasteiger partial charge on any atom is 0.335 e. The zero-order valence-electron chi connectivity index (χ0n) is 17.1. The van der Waals surface area contributed by atoms with E-state index in [1.165, 1.54) is 18.3 Å². The van der Waals surface area contributed by atoms with Gasteiger partial charge in [-0.05, 0) is 48.2 Å². The molecule has 0 aliphatic rings. The number of rotatable bonds is 10. The van der Waals surface area contributed by atoms with Gasteiger partial charge in [-0.1, -0.05) is 66.4 Å². The second-order valence-corrected chi connectivity index (χ2v) is 10.2. The molecule has 0 amide bonds. The van der Waals surface area contributed by atoms with E-state index < -0.39 is 5.97 Å². The summed E-state index contributed by atoms with van der Waals surface area (Å²) in [6.45, 7) is 3.50. The number of ketones is 1. The number of nitrogens with zero attached hydrogens (tertiary/aromatic N) is 2. The number of phenols is 1. The minimum Gasteiger partial charge on any atom is -0.507 e. The summed E-state index contributed by atoms with van der Waals surface area (Å²) in [6.07, 6.45) is 1.58. The highest BCUT2D eigenvalue weighted by molar-refractivity contribution is 8.02. The van der Waals surface area contributed by atoms with Crippen LogP contribution >= 0.6 is 34.9 Å². The Morgan fingerprint density at radius 2 is 1.65 bits per heavy atom. The van der Waals surface area contributed by atoms with Gasteiger partial charge in [-0.15, -0.1) is 10.2 Å². The third-order valence-corrected chi connectivity index (χ3v) is 7.87. The van der Waals surface area contributed by atoms with E-state index in [1.807, 2.05) is 13.0 Å². The van der Waals surface area contributed by atoms with E-state index in [9.17, 15) is 14.7 Å². The van der Waals surface area contributed by atoms with Gasteiger partial charge in [0.1, 0.15) is 5.75 Å². The molecule has 3 aromatic rings. The van der Waals surface area contributed by atoms with Crippen LogP contribution in [0.2, 0.25) is 0 Å². The molecule has 0 saturated carbocycles. The average Bonchev–Trinajstić information content (AvgIpc) is 3.20. The van der Waals surface area contributed by atoms with Gasteiger partial charge < -0.3 is 10.2 Å². The molecule has 6 nitrogen and oxygen atoms in total. The van der Waals surface area contributed by atoms with Crippen LogP contribution in [-0.2, 0) is 17.9 Å². The standard InChI is InChI=1S/C22H22N2O4S3/c1-3-4-18-16(9-10-17(13(2)25)19(18)26)12-30-22-24-23-21(31-22)29-11-14-5-7-15(8-6-14)20(27)28/h5-10,26H,3-4,11-12H2,1-2H3,(H,27,28). The summed E-state index contributed by atoms with van der Waals surface area (Å²) >= 11 is 4.61. The van der Waals surface area contributed by atoms with Gasteiger partial charge >= 0.3 is 5.97 Å². The van der Waals surface area contributed by atoms with Crippen molar-refractivity contribution in [2.24, 2.45) is 0 Å².